The largest absolute Gasteiger partial charge is 0.308 e. The minimum Gasteiger partial charge on any atom is -0.308 e. The van der Waals surface area contributed by atoms with Crippen LogP contribution >= 0.6 is 11.8 Å². The van der Waals surface area contributed by atoms with E-state index in [4.69, 9.17) is 0 Å². The summed E-state index contributed by atoms with van der Waals surface area (Å²) in [5, 5.41) is 12.3. The summed E-state index contributed by atoms with van der Waals surface area (Å²) in [6.45, 7) is 1.58. The van der Waals surface area contributed by atoms with Gasteiger partial charge in [-0.3, -0.25) is 0 Å². The number of tetrazole rings is 1. The van der Waals surface area contributed by atoms with E-state index in [1.54, 1.807) is 16.8 Å². The van der Waals surface area contributed by atoms with Crippen molar-refractivity contribution in [1.29, 1.82) is 0 Å². The second kappa shape index (κ2) is 6.63. The molecule has 7 heteroatoms. The highest BCUT2D eigenvalue weighted by atomic mass is 32.2. The lowest BCUT2D eigenvalue weighted by Crippen LogP contribution is -2.19. The van der Waals surface area contributed by atoms with Crippen LogP contribution in [0.25, 0.3) is 0 Å². The molecule has 2 rings (SSSR count). The number of nitrogens with zero attached hydrogens (tertiary/aromatic N) is 5. The number of hydrogen-bond acceptors (Lipinski definition) is 5. The third-order valence-electron chi connectivity index (χ3n) is 2.57. The summed E-state index contributed by atoms with van der Waals surface area (Å²) < 4.78 is 15.2. The van der Waals surface area contributed by atoms with Crippen LogP contribution in [0.15, 0.2) is 29.4 Å². The van der Waals surface area contributed by atoms with Gasteiger partial charge >= 0.3 is 0 Å². The van der Waals surface area contributed by atoms with Crippen LogP contribution < -0.4 is 0 Å². The van der Waals surface area contributed by atoms with Crippen LogP contribution in [0, 0.1) is 5.82 Å². The first-order valence-corrected chi connectivity index (χ1v) is 6.92. The SMILES string of the molecule is CN(C)CCn1nnnc1SCc1ccccc1F. The third kappa shape index (κ3) is 4.00. The second-order valence-corrected chi connectivity index (χ2v) is 5.31. The van der Waals surface area contributed by atoms with Gasteiger partial charge in [0, 0.05) is 12.3 Å². The number of hydrogen-bond donors (Lipinski definition) is 0. The Labute approximate surface area is 115 Å². The Morgan fingerprint density at radius 1 is 1.32 bits per heavy atom. The van der Waals surface area contributed by atoms with Crippen LogP contribution in [0.5, 0.6) is 0 Å². The summed E-state index contributed by atoms with van der Waals surface area (Å²) >= 11 is 1.44. The lowest BCUT2D eigenvalue weighted by molar-refractivity contribution is 0.361. The predicted molar refractivity (Wildman–Crippen MR) is 72.3 cm³/mol. The van der Waals surface area contributed by atoms with E-state index in [9.17, 15) is 4.39 Å². The summed E-state index contributed by atoms with van der Waals surface area (Å²) in [4.78, 5) is 2.06. The molecule has 0 unspecified atom stereocenters. The molecule has 0 aliphatic rings. The zero-order valence-electron chi connectivity index (χ0n) is 11.0. The van der Waals surface area contributed by atoms with Gasteiger partial charge in [-0.15, -0.1) is 5.10 Å². The summed E-state index contributed by atoms with van der Waals surface area (Å²) in [5.41, 5.74) is 0.662. The van der Waals surface area contributed by atoms with Gasteiger partial charge in [0.25, 0.3) is 0 Å². The number of halogens is 1. The Bertz CT molecular complexity index is 528. The highest BCUT2D eigenvalue weighted by Crippen LogP contribution is 2.21. The van der Waals surface area contributed by atoms with Crippen molar-refractivity contribution in [3.63, 3.8) is 0 Å². The summed E-state index contributed by atoms with van der Waals surface area (Å²) in [6, 6.07) is 6.75. The van der Waals surface area contributed by atoms with Crippen LogP contribution in [0.1, 0.15) is 5.56 Å². The number of likely N-dealkylation sites (N-methyl/N-ethyl adjacent to an activating group) is 1. The predicted octanol–water partition coefficient (Wildman–Crippen LogP) is 1.67. The van der Waals surface area contributed by atoms with Crippen molar-refractivity contribution < 1.29 is 4.39 Å². The van der Waals surface area contributed by atoms with Crippen molar-refractivity contribution in [1.82, 2.24) is 25.1 Å². The maximum Gasteiger partial charge on any atom is 0.209 e. The normalized spacial score (nSPS) is 11.2. The molecule has 1 aromatic heterocycles. The molecule has 2 aromatic rings. The standard InChI is InChI=1S/C12H16FN5S/c1-17(2)7-8-18-12(14-15-16-18)19-9-10-5-3-4-6-11(10)13/h3-6H,7-9H2,1-2H3. The van der Waals surface area contributed by atoms with E-state index in [0.717, 1.165) is 13.1 Å². The van der Waals surface area contributed by atoms with Crippen LogP contribution in [0.4, 0.5) is 4.39 Å². The Kier molecular flexibility index (Phi) is 4.86. The zero-order valence-corrected chi connectivity index (χ0v) is 11.8. The van der Waals surface area contributed by atoms with Gasteiger partial charge in [0.05, 0.1) is 6.54 Å². The van der Waals surface area contributed by atoms with Crippen molar-refractivity contribution in [3.8, 4) is 0 Å². The van der Waals surface area contributed by atoms with E-state index in [1.165, 1.54) is 17.8 Å². The first-order chi connectivity index (χ1) is 9.16. The molecule has 0 spiro atoms. The van der Waals surface area contributed by atoms with Gasteiger partial charge in [0.15, 0.2) is 0 Å². The van der Waals surface area contributed by atoms with Crippen molar-refractivity contribution in [2.24, 2.45) is 0 Å². The average Bonchev–Trinajstić information content (AvgIpc) is 2.83. The van der Waals surface area contributed by atoms with Gasteiger partial charge in [-0.2, -0.15) is 0 Å². The van der Waals surface area contributed by atoms with Crippen LogP contribution in [-0.2, 0) is 12.3 Å². The second-order valence-electron chi connectivity index (χ2n) is 4.37. The molecule has 0 atom stereocenters. The van der Waals surface area contributed by atoms with Gasteiger partial charge in [-0.25, -0.2) is 9.07 Å². The molecule has 0 aliphatic heterocycles. The molecule has 0 aliphatic carbocycles. The number of thioether (sulfide) groups is 1. The van der Waals surface area contributed by atoms with E-state index >= 15 is 0 Å². The molecular weight excluding hydrogens is 265 g/mol. The number of benzene rings is 1. The average molecular weight is 281 g/mol. The lowest BCUT2D eigenvalue weighted by Gasteiger charge is -2.09. The molecule has 0 radical (unpaired) electrons. The Balaban J connectivity index is 1.96. The Hall–Kier alpha value is -1.47. The lowest BCUT2D eigenvalue weighted by atomic mass is 10.2. The molecular formula is C12H16FN5S. The van der Waals surface area contributed by atoms with Gasteiger partial charge < -0.3 is 4.90 Å². The first-order valence-electron chi connectivity index (χ1n) is 5.94. The highest BCUT2D eigenvalue weighted by molar-refractivity contribution is 7.98. The smallest absolute Gasteiger partial charge is 0.209 e. The first kappa shape index (κ1) is 14.0. The molecule has 0 bridgehead atoms. The maximum absolute atomic E-state index is 13.5. The minimum atomic E-state index is -0.192. The van der Waals surface area contributed by atoms with Gasteiger partial charge in [0.2, 0.25) is 5.16 Å². The van der Waals surface area contributed by atoms with Crippen molar-refractivity contribution in [2.75, 3.05) is 20.6 Å². The molecule has 1 heterocycles. The molecule has 0 fully saturated rings. The molecule has 1 aromatic carbocycles. The van der Waals surface area contributed by atoms with Crippen molar-refractivity contribution >= 4 is 11.8 Å². The number of rotatable bonds is 6. The van der Waals surface area contributed by atoms with E-state index in [2.05, 4.69) is 20.4 Å². The molecule has 0 saturated heterocycles. The van der Waals surface area contributed by atoms with Gasteiger partial charge in [0.1, 0.15) is 5.82 Å². The third-order valence-corrected chi connectivity index (χ3v) is 3.58. The van der Waals surface area contributed by atoms with E-state index in [0.29, 0.717) is 16.5 Å². The minimum absolute atomic E-state index is 0.192. The van der Waals surface area contributed by atoms with Crippen LogP contribution in [0.3, 0.4) is 0 Å². The molecule has 5 nitrogen and oxygen atoms in total. The molecule has 19 heavy (non-hydrogen) atoms. The zero-order chi connectivity index (χ0) is 13.7. The summed E-state index contributed by atoms with van der Waals surface area (Å²) in [7, 11) is 3.99. The highest BCUT2D eigenvalue weighted by Gasteiger charge is 2.09. The van der Waals surface area contributed by atoms with Crippen molar-refractivity contribution in [3.05, 3.63) is 35.6 Å². The molecule has 0 N–H and O–H groups in total. The fraction of sp³-hybridized carbons (Fsp3) is 0.417. The summed E-state index contributed by atoms with van der Waals surface area (Å²) in [5.74, 6) is 0.331. The number of aromatic nitrogens is 4. The fourth-order valence-corrected chi connectivity index (χ4v) is 2.38. The molecule has 0 saturated carbocycles. The fourth-order valence-electron chi connectivity index (χ4n) is 1.49. The Morgan fingerprint density at radius 2 is 2.11 bits per heavy atom. The maximum atomic E-state index is 13.5. The van der Waals surface area contributed by atoms with E-state index in [-0.39, 0.29) is 5.82 Å². The molecule has 102 valence electrons. The van der Waals surface area contributed by atoms with Crippen LogP contribution in [0.2, 0.25) is 0 Å². The quantitative estimate of drug-likeness (QED) is 0.754. The summed E-state index contributed by atoms with van der Waals surface area (Å²) in [6.07, 6.45) is 0. The molecule has 0 amide bonds. The Morgan fingerprint density at radius 3 is 2.84 bits per heavy atom. The van der Waals surface area contributed by atoms with Crippen LogP contribution in [-0.4, -0.2) is 45.7 Å². The van der Waals surface area contributed by atoms with Gasteiger partial charge in [-0.05, 0) is 36.2 Å². The van der Waals surface area contributed by atoms with Gasteiger partial charge in [-0.1, -0.05) is 30.0 Å². The van der Waals surface area contributed by atoms with E-state index < -0.39 is 0 Å². The van der Waals surface area contributed by atoms with E-state index in [1.807, 2.05) is 20.2 Å². The monoisotopic (exact) mass is 281 g/mol. The van der Waals surface area contributed by atoms with Crippen molar-refractivity contribution in [2.45, 2.75) is 17.5 Å². The topological polar surface area (TPSA) is 46.8 Å².